The van der Waals surface area contributed by atoms with Crippen molar-refractivity contribution in [3.8, 4) is 0 Å². The van der Waals surface area contributed by atoms with E-state index in [0.717, 1.165) is 12.0 Å². The molecule has 0 bridgehead atoms. The van der Waals surface area contributed by atoms with Gasteiger partial charge < -0.3 is 4.42 Å². The lowest BCUT2D eigenvalue weighted by atomic mass is 10.2. The maximum absolute atomic E-state index is 5.25. The Morgan fingerprint density at radius 1 is 1.40 bits per heavy atom. The smallest absolute Gasteiger partial charge is 0.247 e. The minimum absolute atomic E-state index is 0.480. The average Bonchev–Trinajstić information content (AvgIpc) is 2.62. The van der Waals surface area contributed by atoms with Crippen LogP contribution in [0.25, 0.3) is 5.57 Å². The van der Waals surface area contributed by atoms with Crippen LogP contribution >= 0.6 is 0 Å². The highest BCUT2D eigenvalue weighted by molar-refractivity contribution is 5.66. The molecule has 1 aromatic heterocycles. The second kappa shape index (κ2) is 5.29. The Morgan fingerprint density at radius 3 is 2.67 bits per heavy atom. The van der Waals surface area contributed by atoms with Crippen LogP contribution in [0.1, 0.15) is 32.0 Å². The molecule has 0 aliphatic heterocycles. The molecule has 0 amide bonds. The summed E-state index contributed by atoms with van der Waals surface area (Å²) < 4.78 is 5.25. The molecular formula is C12H16N2O. The van der Waals surface area contributed by atoms with E-state index in [1.807, 2.05) is 19.1 Å². The first kappa shape index (κ1) is 11.4. The minimum Gasteiger partial charge on any atom is -0.421 e. The van der Waals surface area contributed by atoms with Crippen molar-refractivity contribution in [2.45, 2.75) is 27.2 Å². The highest BCUT2D eigenvalue weighted by atomic mass is 16.4. The fourth-order valence-electron chi connectivity index (χ4n) is 1.12. The third kappa shape index (κ3) is 3.54. The van der Waals surface area contributed by atoms with Crippen LogP contribution in [0, 0.1) is 6.92 Å². The van der Waals surface area contributed by atoms with Crippen LogP contribution in [0.2, 0.25) is 0 Å². The third-order valence-corrected chi connectivity index (χ3v) is 1.87. The van der Waals surface area contributed by atoms with E-state index in [4.69, 9.17) is 4.42 Å². The van der Waals surface area contributed by atoms with Gasteiger partial charge in [0.1, 0.15) is 0 Å². The number of aryl methyl sites for hydroxylation is 1. The summed E-state index contributed by atoms with van der Waals surface area (Å²) in [5.74, 6) is 1.04. The number of hydrogen-bond donors (Lipinski definition) is 0. The lowest BCUT2D eigenvalue weighted by Crippen LogP contribution is -1.79. The van der Waals surface area contributed by atoms with Crippen LogP contribution in [-0.4, -0.2) is 10.2 Å². The summed E-state index contributed by atoms with van der Waals surface area (Å²) >= 11 is 0. The van der Waals surface area contributed by atoms with Gasteiger partial charge in [0.05, 0.1) is 0 Å². The Labute approximate surface area is 90.2 Å². The SMILES string of the molecule is C=C(C=CC(C)=CCC)c1nnc(C)o1. The van der Waals surface area contributed by atoms with Gasteiger partial charge in [0.2, 0.25) is 11.8 Å². The van der Waals surface area contributed by atoms with Gasteiger partial charge in [-0.1, -0.05) is 31.2 Å². The molecule has 0 N–H and O–H groups in total. The predicted molar refractivity (Wildman–Crippen MR) is 61.3 cm³/mol. The highest BCUT2D eigenvalue weighted by Crippen LogP contribution is 2.12. The zero-order chi connectivity index (χ0) is 11.3. The maximum atomic E-state index is 5.25. The van der Waals surface area contributed by atoms with Crippen molar-refractivity contribution >= 4 is 5.57 Å². The molecule has 15 heavy (non-hydrogen) atoms. The van der Waals surface area contributed by atoms with Crippen molar-refractivity contribution in [1.29, 1.82) is 0 Å². The molecule has 80 valence electrons. The van der Waals surface area contributed by atoms with Crippen LogP contribution in [0.15, 0.2) is 34.8 Å². The summed E-state index contributed by atoms with van der Waals surface area (Å²) in [6, 6.07) is 0. The molecule has 0 atom stereocenters. The Hall–Kier alpha value is -1.64. The van der Waals surface area contributed by atoms with Crippen molar-refractivity contribution in [2.75, 3.05) is 0 Å². The van der Waals surface area contributed by atoms with Crippen molar-refractivity contribution < 1.29 is 4.42 Å². The summed E-state index contributed by atoms with van der Waals surface area (Å²) in [6.07, 6.45) is 7.05. The Balaban J connectivity index is 2.68. The van der Waals surface area contributed by atoms with E-state index in [1.165, 1.54) is 5.57 Å². The molecule has 1 heterocycles. The molecule has 0 aliphatic carbocycles. The van der Waals surface area contributed by atoms with Crippen molar-refractivity contribution in [3.63, 3.8) is 0 Å². The van der Waals surface area contributed by atoms with Gasteiger partial charge in [-0.05, 0) is 19.4 Å². The fraction of sp³-hybridized carbons (Fsp3) is 0.333. The molecule has 0 unspecified atom stereocenters. The quantitative estimate of drug-likeness (QED) is 0.706. The van der Waals surface area contributed by atoms with E-state index in [1.54, 1.807) is 6.92 Å². The molecule has 0 radical (unpaired) electrons. The highest BCUT2D eigenvalue weighted by Gasteiger charge is 2.02. The van der Waals surface area contributed by atoms with E-state index in [2.05, 4.69) is 29.8 Å². The summed E-state index contributed by atoms with van der Waals surface area (Å²) in [4.78, 5) is 0. The lowest BCUT2D eigenvalue weighted by molar-refractivity contribution is 0.507. The fourth-order valence-corrected chi connectivity index (χ4v) is 1.12. The summed E-state index contributed by atoms with van der Waals surface area (Å²) in [5, 5.41) is 7.63. The molecule has 0 saturated carbocycles. The minimum atomic E-state index is 0.480. The van der Waals surface area contributed by atoms with Crippen molar-refractivity contribution in [2.24, 2.45) is 0 Å². The van der Waals surface area contributed by atoms with Crippen LogP contribution < -0.4 is 0 Å². The second-order valence-electron chi connectivity index (χ2n) is 3.34. The van der Waals surface area contributed by atoms with Gasteiger partial charge in [-0.25, -0.2) is 0 Å². The number of allylic oxidation sites excluding steroid dienone is 5. The van der Waals surface area contributed by atoms with Crippen LogP contribution in [-0.2, 0) is 0 Å². The molecule has 0 saturated heterocycles. The van der Waals surface area contributed by atoms with Gasteiger partial charge >= 0.3 is 0 Å². The van der Waals surface area contributed by atoms with Crippen LogP contribution in [0.4, 0.5) is 0 Å². The standard InChI is InChI=1S/C12H16N2O/c1-5-6-9(2)7-8-10(3)12-14-13-11(4)15-12/h6-8H,3,5H2,1-2,4H3. The van der Waals surface area contributed by atoms with Gasteiger partial charge in [-0.15, -0.1) is 10.2 Å². The average molecular weight is 204 g/mol. The second-order valence-corrected chi connectivity index (χ2v) is 3.34. The number of aromatic nitrogens is 2. The lowest BCUT2D eigenvalue weighted by Gasteiger charge is -1.92. The Bertz CT molecular complexity index is 400. The molecule has 3 nitrogen and oxygen atoms in total. The molecule has 0 fully saturated rings. The molecular weight excluding hydrogens is 188 g/mol. The van der Waals surface area contributed by atoms with Gasteiger partial charge in [0.25, 0.3) is 0 Å². The van der Waals surface area contributed by atoms with Gasteiger partial charge in [0, 0.05) is 12.5 Å². The molecule has 0 aliphatic rings. The Morgan fingerprint density at radius 2 is 2.13 bits per heavy atom. The Kier molecular flexibility index (Phi) is 4.03. The largest absolute Gasteiger partial charge is 0.421 e. The van der Waals surface area contributed by atoms with E-state index in [9.17, 15) is 0 Å². The maximum Gasteiger partial charge on any atom is 0.247 e. The zero-order valence-electron chi connectivity index (χ0n) is 9.45. The van der Waals surface area contributed by atoms with E-state index in [-0.39, 0.29) is 0 Å². The van der Waals surface area contributed by atoms with Crippen molar-refractivity contribution in [3.05, 3.63) is 42.2 Å². The first-order valence-corrected chi connectivity index (χ1v) is 4.97. The topological polar surface area (TPSA) is 38.9 Å². The van der Waals surface area contributed by atoms with Crippen LogP contribution in [0.3, 0.4) is 0 Å². The predicted octanol–water partition coefficient (Wildman–Crippen LogP) is 3.30. The van der Waals surface area contributed by atoms with E-state index in [0.29, 0.717) is 11.8 Å². The molecule has 1 rings (SSSR count). The monoisotopic (exact) mass is 204 g/mol. The normalized spacial score (nSPS) is 12.3. The van der Waals surface area contributed by atoms with E-state index >= 15 is 0 Å². The number of nitrogens with zero attached hydrogens (tertiary/aromatic N) is 2. The first-order valence-electron chi connectivity index (χ1n) is 4.97. The molecule has 3 heteroatoms. The molecule has 0 aromatic carbocycles. The van der Waals surface area contributed by atoms with E-state index < -0.39 is 0 Å². The number of rotatable bonds is 4. The molecule has 1 aromatic rings. The first-order chi connectivity index (χ1) is 7.13. The number of hydrogen-bond acceptors (Lipinski definition) is 3. The summed E-state index contributed by atoms with van der Waals surface area (Å²) in [7, 11) is 0. The van der Waals surface area contributed by atoms with Gasteiger partial charge in [-0.3, -0.25) is 0 Å². The molecule has 0 spiro atoms. The summed E-state index contributed by atoms with van der Waals surface area (Å²) in [5.41, 5.74) is 1.94. The zero-order valence-corrected chi connectivity index (χ0v) is 9.45. The van der Waals surface area contributed by atoms with Crippen LogP contribution in [0.5, 0.6) is 0 Å². The van der Waals surface area contributed by atoms with Gasteiger partial charge in [-0.2, -0.15) is 0 Å². The third-order valence-electron chi connectivity index (χ3n) is 1.87. The van der Waals surface area contributed by atoms with Crippen molar-refractivity contribution in [1.82, 2.24) is 10.2 Å². The summed E-state index contributed by atoms with van der Waals surface area (Å²) in [6.45, 7) is 9.77. The van der Waals surface area contributed by atoms with Gasteiger partial charge in [0.15, 0.2) is 0 Å².